The van der Waals surface area contributed by atoms with Gasteiger partial charge in [0.1, 0.15) is 6.61 Å². The van der Waals surface area contributed by atoms with Gasteiger partial charge in [-0.25, -0.2) is 9.69 Å². The number of allylic oxidation sites excluding steroid dienone is 2. The molecule has 0 aliphatic carbocycles. The Morgan fingerprint density at radius 3 is 2.77 bits per heavy atom. The van der Waals surface area contributed by atoms with E-state index in [4.69, 9.17) is 4.74 Å². The lowest BCUT2D eigenvalue weighted by Gasteiger charge is -2.31. The first-order chi connectivity index (χ1) is 10.4. The zero-order chi connectivity index (χ0) is 16.8. The van der Waals surface area contributed by atoms with Crippen LogP contribution >= 0.6 is 0 Å². The molecule has 0 unspecified atom stereocenters. The molecule has 0 aromatic rings. The largest absolute Gasteiger partial charge is 0.447 e. The highest BCUT2D eigenvalue weighted by molar-refractivity contribution is 5.97. The lowest BCUT2D eigenvalue weighted by Crippen LogP contribution is -2.48. The molecule has 0 N–H and O–H groups in total. The topological polar surface area (TPSA) is 46.6 Å². The number of amides is 2. The van der Waals surface area contributed by atoms with Crippen LogP contribution in [0.3, 0.4) is 0 Å². The van der Waals surface area contributed by atoms with Crippen molar-refractivity contribution in [2.24, 2.45) is 11.3 Å². The van der Waals surface area contributed by atoms with Crippen LogP contribution in [-0.2, 0) is 9.53 Å². The second-order valence-electron chi connectivity index (χ2n) is 6.52. The molecule has 1 aliphatic heterocycles. The summed E-state index contributed by atoms with van der Waals surface area (Å²) in [5, 5.41) is 0. The zero-order valence-electron chi connectivity index (χ0n) is 14.3. The van der Waals surface area contributed by atoms with Crippen LogP contribution in [0, 0.1) is 11.3 Å². The molecule has 4 heteroatoms. The van der Waals surface area contributed by atoms with Gasteiger partial charge in [0.25, 0.3) is 0 Å². The van der Waals surface area contributed by atoms with Crippen LogP contribution in [-0.4, -0.2) is 29.5 Å². The third-order valence-corrected chi connectivity index (χ3v) is 4.16. The van der Waals surface area contributed by atoms with Crippen LogP contribution in [0.2, 0.25) is 0 Å². The molecular weight excluding hydrogens is 278 g/mol. The maximum atomic E-state index is 13.0. The van der Waals surface area contributed by atoms with E-state index >= 15 is 0 Å². The molecule has 0 radical (unpaired) electrons. The summed E-state index contributed by atoms with van der Waals surface area (Å²) in [7, 11) is 0. The first-order valence-corrected chi connectivity index (χ1v) is 8.16. The van der Waals surface area contributed by atoms with E-state index in [2.05, 4.69) is 13.5 Å². The Labute approximate surface area is 134 Å². The molecule has 1 fully saturated rings. The minimum Gasteiger partial charge on any atom is -0.447 e. The number of rotatable bonds is 8. The summed E-state index contributed by atoms with van der Waals surface area (Å²) in [5.41, 5.74) is -0.744. The van der Waals surface area contributed by atoms with Crippen LogP contribution in [0.4, 0.5) is 4.79 Å². The van der Waals surface area contributed by atoms with Crippen molar-refractivity contribution in [3.05, 3.63) is 24.8 Å². The highest BCUT2D eigenvalue weighted by Gasteiger charge is 2.45. The second kappa shape index (κ2) is 8.16. The average molecular weight is 307 g/mol. The number of carbonyl (C=O) groups excluding carboxylic acids is 2. The standard InChI is InChI=1S/C18H29NO3/c1-6-8-9-10-12-18(5,11-7-2)16(20)19-15(14(3)4)13-22-17(19)21/h7,10,12,14-15H,2,6,8-9,11,13H2,1,3-5H3/b12-10+/t15-,18-/m1/s1. The van der Waals surface area contributed by atoms with E-state index in [-0.39, 0.29) is 24.5 Å². The molecule has 0 spiro atoms. The van der Waals surface area contributed by atoms with E-state index in [1.807, 2.05) is 32.9 Å². The molecule has 0 aromatic heterocycles. The van der Waals surface area contributed by atoms with Gasteiger partial charge in [-0.1, -0.05) is 51.8 Å². The number of hydrogen-bond acceptors (Lipinski definition) is 3. The molecule has 1 rings (SSSR count). The first kappa shape index (κ1) is 18.5. The Balaban J connectivity index is 2.98. The minimum atomic E-state index is -0.744. The summed E-state index contributed by atoms with van der Waals surface area (Å²) >= 11 is 0. The number of unbranched alkanes of at least 4 members (excludes halogenated alkanes) is 2. The number of cyclic esters (lactones) is 1. The van der Waals surface area contributed by atoms with E-state index in [0.717, 1.165) is 19.3 Å². The Morgan fingerprint density at radius 1 is 1.55 bits per heavy atom. The molecular formula is C18H29NO3. The third-order valence-electron chi connectivity index (χ3n) is 4.16. The van der Waals surface area contributed by atoms with Crippen LogP contribution in [0.25, 0.3) is 0 Å². The van der Waals surface area contributed by atoms with Gasteiger partial charge in [0, 0.05) is 0 Å². The summed E-state index contributed by atoms with van der Waals surface area (Å²) in [6, 6.07) is -0.187. The van der Waals surface area contributed by atoms with Crippen LogP contribution in [0.1, 0.15) is 53.4 Å². The molecule has 124 valence electrons. The van der Waals surface area contributed by atoms with Gasteiger partial charge < -0.3 is 4.74 Å². The van der Waals surface area contributed by atoms with Crippen molar-refractivity contribution in [2.45, 2.75) is 59.4 Å². The maximum Gasteiger partial charge on any atom is 0.417 e. The average Bonchev–Trinajstić information content (AvgIpc) is 2.85. The van der Waals surface area contributed by atoms with Crippen molar-refractivity contribution in [1.82, 2.24) is 4.90 Å². The van der Waals surface area contributed by atoms with Crippen molar-refractivity contribution < 1.29 is 14.3 Å². The third kappa shape index (κ3) is 4.21. The van der Waals surface area contributed by atoms with Crippen LogP contribution < -0.4 is 0 Å². The molecule has 4 nitrogen and oxygen atoms in total. The van der Waals surface area contributed by atoms with E-state index in [0.29, 0.717) is 6.42 Å². The fourth-order valence-electron chi connectivity index (χ4n) is 2.63. The molecule has 1 heterocycles. The van der Waals surface area contributed by atoms with Gasteiger partial charge in [-0.05, 0) is 25.7 Å². The summed E-state index contributed by atoms with van der Waals surface area (Å²) in [6.07, 6.45) is 8.82. The van der Waals surface area contributed by atoms with E-state index in [1.165, 1.54) is 4.90 Å². The summed E-state index contributed by atoms with van der Waals surface area (Å²) in [6.45, 7) is 12.0. The van der Waals surface area contributed by atoms with Gasteiger partial charge in [0.05, 0.1) is 11.5 Å². The lowest BCUT2D eigenvalue weighted by atomic mass is 9.83. The van der Waals surface area contributed by atoms with E-state index in [1.54, 1.807) is 6.08 Å². The van der Waals surface area contributed by atoms with Gasteiger partial charge >= 0.3 is 6.09 Å². The fourth-order valence-corrected chi connectivity index (χ4v) is 2.63. The predicted molar refractivity (Wildman–Crippen MR) is 88.4 cm³/mol. The monoisotopic (exact) mass is 307 g/mol. The van der Waals surface area contributed by atoms with Crippen molar-refractivity contribution >= 4 is 12.0 Å². The van der Waals surface area contributed by atoms with Crippen LogP contribution in [0.15, 0.2) is 24.8 Å². The molecule has 2 atom stereocenters. The van der Waals surface area contributed by atoms with Gasteiger partial charge in [0.2, 0.25) is 5.91 Å². The normalized spacial score (nSPS) is 21.2. The zero-order valence-corrected chi connectivity index (χ0v) is 14.3. The van der Waals surface area contributed by atoms with Crippen molar-refractivity contribution in [3.63, 3.8) is 0 Å². The number of ether oxygens (including phenoxy) is 1. The molecule has 0 saturated carbocycles. The maximum absolute atomic E-state index is 13.0. The Hall–Kier alpha value is -1.58. The Morgan fingerprint density at radius 2 is 2.23 bits per heavy atom. The number of imide groups is 1. The van der Waals surface area contributed by atoms with Gasteiger partial charge in [0.15, 0.2) is 0 Å². The van der Waals surface area contributed by atoms with Gasteiger partial charge in [-0.2, -0.15) is 0 Å². The van der Waals surface area contributed by atoms with Gasteiger partial charge in [-0.3, -0.25) is 4.79 Å². The minimum absolute atomic E-state index is 0.174. The number of nitrogens with zero attached hydrogens (tertiary/aromatic N) is 1. The highest BCUT2D eigenvalue weighted by Crippen LogP contribution is 2.32. The van der Waals surface area contributed by atoms with Crippen molar-refractivity contribution in [2.75, 3.05) is 6.61 Å². The van der Waals surface area contributed by atoms with E-state index in [9.17, 15) is 9.59 Å². The molecule has 1 aliphatic rings. The van der Waals surface area contributed by atoms with Crippen molar-refractivity contribution in [3.8, 4) is 0 Å². The molecule has 0 bridgehead atoms. The molecule has 1 saturated heterocycles. The molecule has 2 amide bonds. The Kier molecular flexibility index (Phi) is 6.85. The molecule has 0 aromatic carbocycles. The van der Waals surface area contributed by atoms with Gasteiger partial charge in [-0.15, -0.1) is 6.58 Å². The molecule has 22 heavy (non-hydrogen) atoms. The summed E-state index contributed by atoms with van der Waals surface area (Å²) < 4.78 is 5.09. The number of hydrogen-bond donors (Lipinski definition) is 0. The van der Waals surface area contributed by atoms with E-state index < -0.39 is 11.5 Å². The lowest BCUT2D eigenvalue weighted by molar-refractivity contribution is -0.137. The second-order valence-corrected chi connectivity index (χ2v) is 6.52. The smallest absolute Gasteiger partial charge is 0.417 e. The SMILES string of the molecule is C=CC[C@](C)(/C=C/CCCC)C(=O)N1C(=O)OC[C@@H]1C(C)C. The Bertz CT molecular complexity index is 442. The summed E-state index contributed by atoms with van der Waals surface area (Å²) in [4.78, 5) is 26.3. The van der Waals surface area contributed by atoms with Crippen molar-refractivity contribution in [1.29, 1.82) is 0 Å². The highest BCUT2D eigenvalue weighted by atomic mass is 16.6. The quantitative estimate of drug-likeness (QED) is 0.495. The fraction of sp³-hybridized carbons (Fsp3) is 0.667. The van der Waals surface area contributed by atoms with Crippen LogP contribution in [0.5, 0.6) is 0 Å². The predicted octanol–water partition coefficient (Wildman–Crippen LogP) is 4.32. The number of carbonyl (C=O) groups is 2. The summed E-state index contributed by atoms with van der Waals surface area (Å²) in [5.74, 6) is -0.0196. The first-order valence-electron chi connectivity index (χ1n) is 8.16.